The highest BCUT2D eigenvalue weighted by Gasteiger charge is 2.13. The first-order valence-electron chi connectivity index (χ1n) is 8.93. The van der Waals surface area contributed by atoms with E-state index in [9.17, 15) is 9.59 Å². The highest BCUT2D eigenvalue weighted by atomic mass is 16.5. The molecule has 0 aliphatic rings. The maximum absolute atomic E-state index is 12.1. The Labute approximate surface area is 148 Å². The van der Waals surface area contributed by atoms with Crippen LogP contribution in [0, 0.1) is 5.92 Å². The maximum atomic E-state index is 12.1. The fraction of sp³-hybridized carbons (Fsp3) is 0.450. The van der Waals surface area contributed by atoms with Gasteiger partial charge in [-0.1, -0.05) is 57.4 Å². The van der Waals surface area contributed by atoms with Crippen molar-refractivity contribution in [2.75, 3.05) is 13.2 Å². The average molecular weight is 342 g/mol. The Morgan fingerprint density at radius 3 is 2.72 bits per heavy atom. The number of nitrogens with zero attached hydrogens (tertiary/aromatic N) is 1. The van der Waals surface area contributed by atoms with Gasteiger partial charge in [-0.3, -0.25) is 4.79 Å². The molecule has 0 fully saturated rings. The first-order chi connectivity index (χ1) is 12.1. The Hall–Kier alpha value is -2.43. The molecule has 0 bridgehead atoms. The van der Waals surface area contributed by atoms with Crippen molar-refractivity contribution in [3.63, 3.8) is 0 Å². The van der Waals surface area contributed by atoms with Crippen molar-refractivity contribution in [2.45, 2.75) is 39.5 Å². The summed E-state index contributed by atoms with van der Waals surface area (Å²) in [4.78, 5) is 28.2. The Bertz CT molecular complexity index is 715. The van der Waals surface area contributed by atoms with Gasteiger partial charge < -0.3 is 10.1 Å². The van der Waals surface area contributed by atoms with Crippen LogP contribution in [-0.4, -0.2) is 30.0 Å². The molecule has 0 unspecified atom stereocenters. The van der Waals surface area contributed by atoms with E-state index in [-0.39, 0.29) is 18.2 Å². The summed E-state index contributed by atoms with van der Waals surface area (Å²) < 4.78 is 5.07. The van der Waals surface area contributed by atoms with Gasteiger partial charge in [0.2, 0.25) is 0 Å². The molecule has 1 heterocycles. The van der Waals surface area contributed by atoms with Crippen LogP contribution in [0.2, 0.25) is 0 Å². The molecule has 5 heteroatoms. The van der Waals surface area contributed by atoms with E-state index < -0.39 is 5.97 Å². The first kappa shape index (κ1) is 18.9. The number of esters is 1. The number of aromatic nitrogens is 1. The topological polar surface area (TPSA) is 68.3 Å². The van der Waals surface area contributed by atoms with Gasteiger partial charge in [0, 0.05) is 11.9 Å². The van der Waals surface area contributed by atoms with E-state index in [4.69, 9.17) is 4.74 Å². The number of carbonyl (C=O) groups excluding carboxylic acids is 2. The molecule has 1 aromatic heterocycles. The van der Waals surface area contributed by atoms with Crippen molar-refractivity contribution in [1.82, 2.24) is 10.3 Å². The van der Waals surface area contributed by atoms with Gasteiger partial charge in [-0.15, -0.1) is 0 Å². The summed E-state index contributed by atoms with van der Waals surface area (Å²) in [6, 6.07) is 11.0. The minimum atomic E-state index is -0.584. The molecule has 0 saturated heterocycles. The Kier molecular flexibility index (Phi) is 7.38. The monoisotopic (exact) mass is 342 g/mol. The van der Waals surface area contributed by atoms with Gasteiger partial charge in [0.15, 0.2) is 6.61 Å². The van der Waals surface area contributed by atoms with Crippen LogP contribution < -0.4 is 5.32 Å². The number of hydrogen-bond donors (Lipinski definition) is 1. The molecule has 0 saturated carbocycles. The molecule has 0 spiro atoms. The van der Waals surface area contributed by atoms with Crippen LogP contribution >= 0.6 is 0 Å². The van der Waals surface area contributed by atoms with E-state index in [1.54, 1.807) is 6.07 Å². The lowest BCUT2D eigenvalue weighted by Gasteiger charge is -2.15. The third-order valence-corrected chi connectivity index (χ3v) is 4.27. The Morgan fingerprint density at radius 2 is 1.96 bits per heavy atom. The summed E-state index contributed by atoms with van der Waals surface area (Å²) in [7, 11) is 0. The van der Waals surface area contributed by atoms with Crippen molar-refractivity contribution in [3.8, 4) is 0 Å². The smallest absolute Gasteiger partial charge is 0.357 e. The molecule has 0 aliphatic carbocycles. The zero-order valence-corrected chi connectivity index (χ0v) is 15.0. The second-order valence-electron chi connectivity index (χ2n) is 6.19. The second-order valence-corrected chi connectivity index (χ2v) is 6.19. The van der Waals surface area contributed by atoms with Gasteiger partial charge in [-0.2, -0.15) is 0 Å². The van der Waals surface area contributed by atoms with E-state index in [2.05, 4.69) is 24.1 Å². The van der Waals surface area contributed by atoms with Gasteiger partial charge in [0.1, 0.15) is 5.69 Å². The maximum Gasteiger partial charge on any atom is 0.357 e. The number of carbonyl (C=O) groups is 2. The molecule has 25 heavy (non-hydrogen) atoms. The van der Waals surface area contributed by atoms with Crippen molar-refractivity contribution in [2.24, 2.45) is 5.92 Å². The number of amides is 1. The van der Waals surface area contributed by atoms with Gasteiger partial charge in [0.05, 0.1) is 5.52 Å². The second kappa shape index (κ2) is 9.77. The van der Waals surface area contributed by atoms with Crippen molar-refractivity contribution < 1.29 is 14.3 Å². The van der Waals surface area contributed by atoms with Crippen LogP contribution in [0.25, 0.3) is 10.9 Å². The predicted molar refractivity (Wildman–Crippen MR) is 98.3 cm³/mol. The van der Waals surface area contributed by atoms with Gasteiger partial charge >= 0.3 is 5.97 Å². The lowest BCUT2D eigenvalue weighted by molar-refractivity contribution is -0.124. The summed E-state index contributed by atoms with van der Waals surface area (Å²) in [5.74, 6) is -0.384. The SMILES string of the molecule is CCCC[C@@H](CC)CNC(=O)COC(=O)c1ccc2ccccc2n1. The molecular weight excluding hydrogens is 316 g/mol. The number of nitrogens with one attached hydrogen (secondary N) is 1. The third-order valence-electron chi connectivity index (χ3n) is 4.27. The number of benzene rings is 1. The fourth-order valence-electron chi connectivity index (χ4n) is 2.64. The number of pyridine rings is 1. The fourth-order valence-corrected chi connectivity index (χ4v) is 2.64. The minimum absolute atomic E-state index is 0.209. The van der Waals surface area contributed by atoms with Crippen LogP contribution in [0.1, 0.15) is 50.0 Å². The normalized spacial score (nSPS) is 11.9. The molecule has 0 aliphatic heterocycles. The largest absolute Gasteiger partial charge is 0.451 e. The standard InChI is InChI=1S/C20H26N2O3/c1-3-5-8-15(4-2)13-21-19(23)14-25-20(24)18-12-11-16-9-6-7-10-17(16)22-18/h6-7,9-12,15H,3-5,8,13-14H2,1-2H3,(H,21,23)/t15-/m1/s1. The van der Waals surface area contributed by atoms with Crippen LogP contribution in [0.3, 0.4) is 0 Å². The van der Waals surface area contributed by atoms with Gasteiger partial charge in [0.25, 0.3) is 5.91 Å². The highest BCUT2D eigenvalue weighted by molar-refractivity contribution is 5.92. The Balaban J connectivity index is 1.81. The lowest BCUT2D eigenvalue weighted by Crippen LogP contribution is -2.33. The number of fused-ring (bicyclic) bond motifs is 1. The molecule has 1 amide bonds. The lowest BCUT2D eigenvalue weighted by atomic mass is 9.99. The zero-order chi connectivity index (χ0) is 18.1. The molecule has 2 rings (SSSR count). The number of para-hydroxylation sites is 1. The molecule has 5 nitrogen and oxygen atoms in total. The molecule has 1 atom stereocenters. The number of hydrogen-bond acceptors (Lipinski definition) is 4. The quantitative estimate of drug-likeness (QED) is 0.705. The van der Waals surface area contributed by atoms with E-state index >= 15 is 0 Å². The van der Waals surface area contributed by atoms with E-state index in [1.807, 2.05) is 30.3 Å². The summed E-state index contributed by atoms with van der Waals surface area (Å²) in [6.45, 7) is 4.63. The summed E-state index contributed by atoms with van der Waals surface area (Å²) >= 11 is 0. The zero-order valence-electron chi connectivity index (χ0n) is 15.0. The third kappa shape index (κ3) is 5.85. The number of unbranched alkanes of at least 4 members (excludes halogenated alkanes) is 1. The molecule has 0 radical (unpaired) electrons. The Morgan fingerprint density at radius 1 is 1.16 bits per heavy atom. The van der Waals surface area contributed by atoms with E-state index in [0.29, 0.717) is 12.5 Å². The molecule has 134 valence electrons. The number of rotatable bonds is 9. The van der Waals surface area contributed by atoms with E-state index in [1.165, 1.54) is 0 Å². The van der Waals surface area contributed by atoms with E-state index in [0.717, 1.165) is 36.6 Å². The minimum Gasteiger partial charge on any atom is -0.451 e. The summed E-state index contributed by atoms with van der Waals surface area (Å²) in [6.07, 6.45) is 4.45. The summed E-state index contributed by atoms with van der Waals surface area (Å²) in [5, 5.41) is 3.80. The van der Waals surface area contributed by atoms with Crippen molar-refractivity contribution in [3.05, 3.63) is 42.1 Å². The van der Waals surface area contributed by atoms with Crippen LogP contribution in [0.5, 0.6) is 0 Å². The van der Waals surface area contributed by atoms with Crippen molar-refractivity contribution >= 4 is 22.8 Å². The van der Waals surface area contributed by atoms with Gasteiger partial charge in [-0.25, -0.2) is 9.78 Å². The van der Waals surface area contributed by atoms with Crippen LogP contribution in [0.4, 0.5) is 0 Å². The first-order valence-corrected chi connectivity index (χ1v) is 8.93. The average Bonchev–Trinajstić information content (AvgIpc) is 2.65. The van der Waals surface area contributed by atoms with Crippen LogP contribution in [0.15, 0.2) is 36.4 Å². The molecule has 2 aromatic rings. The van der Waals surface area contributed by atoms with Crippen LogP contribution in [-0.2, 0) is 9.53 Å². The summed E-state index contributed by atoms with van der Waals surface area (Å²) in [5.41, 5.74) is 0.934. The molecular formula is C20H26N2O3. The number of ether oxygens (including phenoxy) is 1. The van der Waals surface area contributed by atoms with Gasteiger partial charge in [-0.05, 0) is 24.5 Å². The predicted octanol–water partition coefficient (Wildman–Crippen LogP) is 3.72. The highest BCUT2D eigenvalue weighted by Crippen LogP contribution is 2.13. The molecule has 1 N–H and O–H groups in total. The molecule has 1 aromatic carbocycles. The van der Waals surface area contributed by atoms with Crippen molar-refractivity contribution in [1.29, 1.82) is 0 Å².